The summed E-state index contributed by atoms with van der Waals surface area (Å²) in [7, 11) is 3.80. The Kier molecular flexibility index (Phi) is 4.69. The van der Waals surface area contributed by atoms with E-state index in [4.69, 9.17) is 0 Å². The standard InChI is InChI=1S/C16H21N3O/c1-12-10-14(19(3)18-12)11-16(20)15-7-5-4-6-13(15)8-9-17-2/h4-7,10,17H,8-9,11H2,1-3H3. The quantitative estimate of drug-likeness (QED) is 0.816. The van der Waals surface area contributed by atoms with Gasteiger partial charge in [0.05, 0.1) is 12.1 Å². The molecule has 0 saturated heterocycles. The molecule has 0 aliphatic rings. The van der Waals surface area contributed by atoms with Crippen LogP contribution >= 0.6 is 0 Å². The first-order valence-electron chi connectivity index (χ1n) is 6.87. The Balaban J connectivity index is 2.18. The first-order chi connectivity index (χ1) is 9.61. The lowest BCUT2D eigenvalue weighted by Crippen LogP contribution is -2.14. The van der Waals surface area contributed by atoms with Crippen molar-refractivity contribution in [3.05, 3.63) is 52.8 Å². The molecule has 0 aliphatic carbocycles. The monoisotopic (exact) mass is 271 g/mol. The van der Waals surface area contributed by atoms with Gasteiger partial charge in [0.25, 0.3) is 0 Å². The highest BCUT2D eigenvalue weighted by Gasteiger charge is 2.13. The summed E-state index contributed by atoms with van der Waals surface area (Å²) in [6.07, 6.45) is 1.26. The van der Waals surface area contributed by atoms with Crippen LogP contribution in [0.2, 0.25) is 0 Å². The Hall–Kier alpha value is -1.94. The number of carbonyl (C=O) groups excluding carboxylic acids is 1. The molecule has 1 N–H and O–H groups in total. The molecule has 0 fully saturated rings. The first-order valence-corrected chi connectivity index (χ1v) is 6.87. The Morgan fingerprint density at radius 2 is 2.10 bits per heavy atom. The normalized spacial score (nSPS) is 10.8. The van der Waals surface area contributed by atoms with Crippen molar-refractivity contribution >= 4 is 5.78 Å². The molecule has 0 saturated carbocycles. The smallest absolute Gasteiger partial charge is 0.169 e. The van der Waals surface area contributed by atoms with E-state index in [1.807, 2.05) is 51.4 Å². The van der Waals surface area contributed by atoms with Crippen LogP contribution in [0.1, 0.15) is 27.3 Å². The third kappa shape index (κ3) is 3.33. The Morgan fingerprint density at radius 3 is 2.75 bits per heavy atom. The zero-order valence-electron chi connectivity index (χ0n) is 12.3. The van der Waals surface area contributed by atoms with Crippen molar-refractivity contribution in [3.63, 3.8) is 0 Å². The molecule has 0 aliphatic heterocycles. The summed E-state index contributed by atoms with van der Waals surface area (Å²) in [6, 6.07) is 9.81. The Morgan fingerprint density at radius 1 is 1.35 bits per heavy atom. The van der Waals surface area contributed by atoms with Gasteiger partial charge in [-0.1, -0.05) is 24.3 Å². The van der Waals surface area contributed by atoms with E-state index in [1.165, 1.54) is 0 Å². The van der Waals surface area contributed by atoms with Crippen molar-refractivity contribution in [2.24, 2.45) is 7.05 Å². The van der Waals surface area contributed by atoms with Gasteiger partial charge in [-0.2, -0.15) is 5.10 Å². The van der Waals surface area contributed by atoms with Crippen LogP contribution in [0.4, 0.5) is 0 Å². The van der Waals surface area contributed by atoms with E-state index in [-0.39, 0.29) is 5.78 Å². The highest BCUT2D eigenvalue weighted by molar-refractivity contribution is 5.98. The minimum absolute atomic E-state index is 0.153. The fraction of sp³-hybridized carbons (Fsp3) is 0.375. The van der Waals surface area contributed by atoms with Crippen molar-refractivity contribution in [3.8, 4) is 0 Å². The predicted octanol–water partition coefficient (Wildman–Crippen LogP) is 1.92. The number of nitrogens with zero attached hydrogens (tertiary/aromatic N) is 2. The maximum atomic E-state index is 12.5. The summed E-state index contributed by atoms with van der Waals surface area (Å²) >= 11 is 0. The third-order valence-electron chi connectivity index (χ3n) is 3.40. The van der Waals surface area contributed by atoms with Gasteiger partial charge < -0.3 is 5.32 Å². The summed E-state index contributed by atoms with van der Waals surface area (Å²) in [6.45, 7) is 2.81. The lowest BCUT2D eigenvalue weighted by molar-refractivity contribution is 0.0990. The van der Waals surface area contributed by atoms with Crippen LogP contribution in [0.3, 0.4) is 0 Å². The van der Waals surface area contributed by atoms with Crippen LogP contribution < -0.4 is 5.32 Å². The number of Topliss-reactive ketones (excluding diaryl/α,β-unsaturated/α-hetero) is 1. The second-order valence-corrected chi connectivity index (χ2v) is 5.01. The molecule has 0 bridgehead atoms. The van der Waals surface area contributed by atoms with Crippen molar-refractivity contribution in [1.82, 2.24) is 15.1 Å². The van der Waals surface area contributed by atoms with Crippen LogP contribution in [-0.4, -0.2) is 29.2 Å². The van der Waals surface area contributed by atoms with Gasteiger partial charge in [-0.05, 0) is 38.6 Å². The van der Waals surface area contributed by atoms with E-state index in [2.05, 4.69) is 10.4 Å². The largest absolute Gasteiger partial charge is 0.319 e. The van der Waals surface area contributed by atoms with E-state index in [0.717, 1.165) is 35.5 Å². The first kappa shape index (κ1) is 14.5. The number of likely N-dealkylation sites (N-methyl/N-ethyl adjacent to an activating group) is 1. The number of nitrogens with one attached hydrogen (secondary N) is 1. The van der Waals surface area contributed by atoms with Crippen LogP contribution in [0.25, 0.3) is 0 Å². The average molecular weight is 271 g/mol. The fourth-order valence-electron chi connectivity index (χ4n) is 2.36. The number of aromatic nitrogens is 2. The van der Waals surface area contributed by atoms with Gasteiger partial charge in [-0.25, -0.2) is 0 Å². The molecule has 0 unspecified atom stereocenters. The molecule has 106 valence electrons. The van der Waals surface area contributed by atoms with Crippen molar-refractivity contribution in [1.29, 1.82) is 0 Å². The molecule has 1 aromatic carbocycles. The van der Waals surface area contributed by atoms with Gasteiger partial charge in [0.1, 0.15) is 0 Å². The molecule has 4 nitrogen and oxygen atoms in total. The maximum absolute atomic E-state index is 12.5. The summed E-state index contributed by atoms with van der Waals surface area (Å²) in [5, 5.41) is 7.40. The summed E-state index contributed by atoms with van der Waals surface area (Å²) < 4.78 is 1.78. The summed E-state index contributed by atoms with van der Waals surface area (Å²) in [5.74, 6) is 0.153. The molecule has 0 radical (unpaired) electrons. The van der Waals surface area contributed by atoms with Crippen LogP contribution in [0.15, 0.2) is 30.3 Å². The van der Waals surface area contributed by atoms with Gasteiger partial charge in [0.2, 0.25) is 0 Å². The van der Waals surface area contributed by atoms with Gasteiger partial charge in [0.15, 0.2) is 5.78 Å². The van der Waals surface area contributed by atoms with Crippen molar-refractivity contribution < 1.29 is 4.79 Å². The van der Waals surface area contributed by atoms with Gasteiger partial charge >= 0.3 is 0 Å². The number of carbonyl (C=O) groups is 1. The summed E-state index contributed by atoms with van der Waals surface area (Å²) in [4.78, 5) is 12.5. The van der Waals surface area contributed by atoms with E-state index in [0.29, 0.717) is 6.42 Å². The van der Waals surface area contributed by atoms with Crippen molar-refractivity contribution in [2.45, 2.75) is 19.8 Å². The number of aryl methyl sites for hydroxylation is 2. The molecule has 2 aromatic rings. The Bertz CT molecular complexity index is 602. The minimum atomic E-state index is 0.153. The second-order valence-electron chi connectivity index (χ2n) is 5.01. The predicted molar refractivity (Wildman–Crippen MR) is 80.1 cm³/mol. The lowest BCUT2D eigenvalue weighted by atomic mass is 9.98. The molecule has 1 heterocycles. The average Bonchev–Trinajstić information content (AvgIpc) is 2.75. The minimum Gasteiger partial charge on any atom is -0.319 e. The fourth-order valence-corrected chi connectivity index (χ4v) is 2.36. The molecule has 0 amide bonds. The molecule has 0 atom stereocenters. The van der Waals surface area contributed by atoms with Crippen LogP contribution in [0.5, 0.6) is 0 Å². The van der Waals surface area contributed by atoms with Gasteiger partial charge in [-0.15, -0.1) is 0 Å². The molecular formula is C16H21N3O. The number of rotatable bonds is 6. The highest BCUT2D eigenvalue weighted by atomic mass is 16.1. The molecule has 1 aromatic heterocycles. The molecule has 0 spiro atoms. The Labute approximate surface area is 119 Å². The van der Waals surface area contributed by atoms with E-state index in [9.17, 15) is 4.79 Å². The van der Waals surface area contributed by atoms with E-state index >= 15 is 0 Å². The molecular weight excluding hydrogens is 250 g/mol. The van der Waals surface area contributed by atoms with E-state index in [1.54, 1.807) is 4.68 Å². The van der Waals surface area contributed by atoms with Gasteiger partial charge in [0, 0.05) is 18.3 Å². The highest BCUT2D eigenvalue weighted by Crippen LogP contribution is 2.14. The topological polar surface area (TPSA) is 46.9 Å². The van der Waals surface area contributed by atoms with E-state index < -0.39 is 0 Å². The van der Waals surface area contributed by atoms with Crippen LogP contribution in [0, 0.1) is 6.92 Å². The second kappa shape index (κ2) is 6.48. The third-order valence-corrected chi connectivity index (χ3v) is 3.40. The number of hydrogen-bond acceptors (Lipinski definition) is 3. The van der Waals surface area contributed by atoms with Gasteiger partial charge in [-0.3, -0.25) is 9.48 Å². The zero-order chi connectivity index (χ0) is 14.5. The summed E-state index contributed by atoms with van der Waals surface area (Å²) in [5.41, 5.74) is 3.82. The number of hydrogen-bond donors (Lipinski definition) is 1. The number of ketones is 1. The molecule has 2 rings (SSSR count). The van der Waals surface area contributed by atoms with Crippen LogP contribution in [-0.2, 0) is 19.9 Å². The SMILES string of the molecule is CNCCc1ccccc1C(=O)Cc1cc(C)nn1C. The maximum Gasteiger partial charge on any atom is 0.169 e. The van der Waals surface area contributed by atoms with Crippen molar-refractivity contribution in [2.75, 3.05) is 13.6 Å². The zero-order valence-corrected chi connectivity index (χ0v) is 12.3. The number of benzene rings is 1. The molecule has 20 heavy (non-hydrogen) atoms. The molecule has 4 heteroatoms. The lowest BCUT2D eigenvalue weighted by Gasteiger charge is -2.08.